The van der Waals surface area contributed by atoms with Crippen LogP contribution in [-0.2, 0) is 19.2 Å². The Morgan fingerprint density at radius 3 is 2.35 bits per heavy atom. The predicted molar refractivity (Wildman–Crippen MR) is 237 cm³/mol. The number of methoxy groups -OCH3 is 1. The summed E-state index contributed by atoms with van der Waals surface area (Å²) in [5, 5.41) is 12.1. The molecule has 1 aromatic heterocycles. The molecule has 8 rings (SSSR count). The van der Waals surface area contributed by atoms with E-state index in [0.29, 0.717) is 86.8 Å². The van der Waals surface area contributed by atoms with Gasteiger partial charge in [-0.05, 0) is 81.0 Å². The molecule has 5 heterocycles. The van der Waals surface area contributed by atoms with Gasteiger partial charge < -0.3 is 40.3 Å². The third kappa shape index (κ3) is 9.42. The van der Waals surface area contributed by atoms with Crippen LogP contribution in [0.3, 0.4) is 0 Å². The third-order valence-electron chi connectivity index (χ3n) is 13.1. The van der Waals surface area contributed by atoms with Crippen molar-refractivity contribution >= 4 is 64.1 Å². The molecule has 330 valence electrons. The van der Waals surface area contributed by atoms with Crippen LogP contribution in [0, 0.1) is 0 Å². The van der Waals surface area contributed by atoms with Gasteiger partial charge in [-0.3, -0.25) is 34.2 Å². The Balaban J connectivity index is 0.777. The molecule has 1 unspecified atom stereocenters. The van der Waals surface area contributed by atoms with Crippen molar-refractivity contribution in [2.24, 2.45) is 0 Å². The van der Waals surface area contributed by atoms with Gasteiger partial charge in [0.1, 0.15) is 23.5 Å². The van der Waals surface area contributed by atoms with Crippen LogP contribution in [0.15, 0.2) is 48.7 Å². The van der Waals surface area contributed by atoms with Gasteiger partial charge >= 0.3 is 0 Å². The van der Waals surface area contributed by atoms with E-state index in [1.54, 1.807) is 43.5 Å². The summed E-state index contributed by atoms with van der Waals surface area (Å²) < 4.78 is 5.71. The number of likely N-dealkylation sites (tertiary alicyclic amines) is 1. The second-order valence-electron chi connectivity index (χ2n) is 17.0. The zero-order valence-corrected chi connectivity index (χ0v) is 36.0. The van der Waals surface area contributed by atoms with Crippen molar-refractivity contribution in [1.82, 2.24) is 30.4 Å². The van der Waals surface area contributed by atoms with Crippen LogP contribution in [0.5, 0.6) is 5.75 Å². The first-order chi connectivity index (χ1) is 30.1. The average Bonchev–Trinajstić information content (AvgIpc) is 3.83. The first-order valence-corrected chi connectivity index (χ1v) is 22.2. The molecule has 4 N–H and O–H groups in total. The Morgan fingerprint density at radius 1 is 0.919 bits per heavy atom. The van der Waals surface area contributed by atoms with Crippen molar-refractivity contribution in [3.63, 3.8) is 0 Å². The lowest BCUT2D eigenvalue weighted by Crippen LogP contribution is -2.55. The van der Waals surface area contributed by atoms with E-state index in [0.717, 1.165) is 69.1 Å². The van der Waals surface area contributed by atoms with E-state index in [4.69, 9.17) is 9.72 Å². The topological polar surface area (TPSA) is 185 Å². The number of aromatic nitrogens is 2. The largest absolute Gasteiger partial charge is 0.495 e. The molecule has 62 heavy (non-hydrogen) atoms. The Hall–Kier alpha value is -5.97. The van der Waals surface area contributed by atoms with Gasteiger partial charge in [0.2, 0.25) is 29.6 Å². The number of benzene rings is 2. The number of piperidine rings is 2. The fourth-order valence-corrected chi connectivity index (χ4v) is 9.48. The lowest BCUT2D eigenvalue weighted by Gasteiger charge is -2.43. The number of hydrogen-bond donors (Lipinski definition) is 4. The van der Waals surface area contributed by atoms with Gasteiger partial charge in [0.25, 0.3) is 5.91 Å². The molecule has 2 atom stereocenters. The zero-order valence-electron chi connectivity index (χ0n) is 36.0. The number of imide groups is 1. The number of nitrogens with zero attached hydrogens (tertiary/aromatic N) is 7. The number of hydrogen-bond acceptors (Lipinski definition) is 13. The highest BCUT2D eigenvalue weighted by Gasteiger charge is 2.41. The number of likely N-dealkylation sites (N-methyl/N-ethyl adjacent to an activating group) is 1. The van der Waals surface area contributed by atoms with Crippen molar-refractivity contribution in [2.75, 3.05) is 85.3 Å². The normalized spacial score (nSPS) is 21.4. The van der Waals surface area contributed by atoms with Crippen molar-refractivity contribution in [2.45, 2.75) is 95.3 Å². The number of piperazine rings is 1. The second-order valence-corrected chi connectivity index (χ2v) is 17.0. The minimum atomic E-state index is -0.411. The molecular weight excluding hydrogens is 791 g/mol. The molecule has 4 aliphatic heterocycles. The number of nitrogens with one attached hydrogen (secondary N) is 4. The van der Waals surface area contributed by atoms with Crippen molar-refractivity contribution < 1.29 is 28.7 Å². The maximum atomic E-state index is 13.4. The van der Waals surface area contributed by atoms with Gasteiger partial charge in [0.15, 0.2) is 5.82 Å². The Labute approximate surface area is 362 Å². The number of amides is 5. The van der Waals surface area contributed by atoms with Crippen LogP contribution < -0.4 is 40.7 Å². The molecule has 17 heteroatoms. The summed E-state index contributed by atoms with van der Waals surface area (Å²) in [5.74, 6) is 1.11. The molecule has 1 aliphatic carbocycles. The van der Waals surface area contributed by atoms with E-state index in [2.05, 4.69) is 41.0 Å². The van der Waals surface area contributed by atoms with Crippen molar-refractivity contribution in [1.29, 1.82) is 0 Å². The van der Waals surface area contributed by atoms with E-state index >= 15 is 0 Å². The molecule has 3 aromatic rings. The number of fused-ring (bicyclic) bond motifs is 1. The van der Waals surface area contributed by atoms with Gasteiger partial charge in [-0.1, -0.05) is 19.8 Å². The van der Waals surface area contributed by atoms with Gasteiger partial charge in [-0.2, -0.15) is 4.98 Å². The van der Waals surface area contributed by atoms with E-state index in [1.807, 2.05) is 36.1 Å². The van der Waals surface area contributed by atoms with Crippen LogP contribution in [0.2, 0.25) is 0 Å². The smallest absolute Gasteiger partial charge is 0.251 e. The molecular formula is C45H59N11O6. The SMILES string of the molecule is CC[C@@H]1C(=O)N(C)c2cnc(Nc3ccc(C(=O)NC4CCN(C(=O)CCN5CCN(c6ccc(NC7CCC(=O)NC7=O)cc6)CC5)CC4)cc3OC)nc2N1C1CCCC1. The number of carbonyl (C=O) groups excluding carboxylic acids is 5. The fraction of sp³-hybridized carbons (Fsp3) is 0.533. The highest BCUT2D eigenvalue weighted by molar-refractivity contribution is 6.04. The van der Waals surface area contributed by atoms with Crippen LogP contribution in [0.25, 0.3) is 0 Å². The number of anilines is 6. The van der Waals surface area contributed by atoms with E-state index in [-0.39, 0.29) is 47.7 Å². The minimum Gasteiger partial charge on any atom is -0.495 e. The molecule has 5 aliphatic rings. The highest BCUT2D eigenvalue weighted by atomic mass is 16.5. The van der Waals surface area contributed by atoms with E-state index in [9.17, 15) is 24.0 Å². The molecule has 3 saturated heterocycles. The Morgan fingerprint density at radius 2 is 1.66 bits per heavy atom. The molecule has 4 fully saturated rings. The minimum absolute atomic E-state index is 0.0469. The summed E-state index contributed by atoms with van der Waals surface area (Å²) in [7, 11) is 3.34. The van der Waals surface area contributed by atoms with Crippen molar-refractivity contribution in [3.05, 3.63) is 54.2 Å². The highest BCUT2D eigenvalue weighted by Crippen LogP contribution is 2.40. The van der Waals surface area contributed by atoms with Gasteiger partial charge in [-0.25, -0.2) is 4.98 Å². The number of rotatable bonds is 13. The zero-order chi connectivity index (χ0) is 43.3. The number of ether oxygens (including phenoxy) is 1. The molecule has 0 spiro atoms. The lowest BCUT2D eigenvalue weighted by molar-refractivity contribution is -0.134. The lowest BCUT2D eigenvalue weighted by atomic mass is 10.0. The monoisotopic (exact) mass is 849 g/mol. The first kappa shape index (κ1) is 42.7. The van der Waals surface area contributed by atoms with Crippen LogP contribution >= 0.6 is 0 Å². The maximum absolute atomic E-state index is 13.4. The Kier molecular flexibility index (Phi) is 13.1. The standard InChI is InChI=1S/C45H59N11O6/c1-4-36-44(61)52(2)37-28-46-45(51-41(37)56(36)33-7-5-6-8-33)49-34-14-9-29(27-38(34)62-3)42(59)48-31-17-21-55(22-18-31)40(58)19-20-53-23-25-54(26-24-53)32-12-10-30(11-13-32)47-35-15-16-39(57)50-43(35)60/h9-14,27-28,31,33,35-36,47H,4-8,15-26H2,1-3H3,(H,48,59)(H,46,49,51)(H,50,57,60)/t35?,36-/m1/s1. The van der Waals surface area contributed by atoms with Gasteiger partial charge in [0, 0.05) is 94.7 Å². The van der Waals surface area contributed by atoms with Gasteiger partial charge in [-0.15, -0.1) is 0 Å². The molecule has 17 nitrogen and oxygen atoms in total. The molecule has 0 radical (unpaired) electrons. The molecule has 2 aromatic carbocycles. The predicted octanol–water partition coefficient (Wildman–Crippen LogP) is 3.88. The number of carbonyl (C=O) groups is 5. The third-order valence-corrected chi connectivity index (χ3v) is 13.1. The molecule has 5 amide bonds. The van der Waals surface area contributed by atoms with E-state index < -0.39 is 6.04 Å². The fourth-order valence-electron chi connectivity index (χ4n) is 9.48. The molecule has 1 saturated carbocycles. The second kappa shape index (κ2) is 19.0. The van der Waals surface area contributed by atoms with Crippen molar-refractivity contribution in [3.8, 4) is 5.75 Å². The van der Waals surface area contributed by atoms with Crippen LogP contribution in [0.1, 0.15) is 81.5 Å². The summed E-state index contributed by atoms with van der Waals surface area (Å²) in [6, 6.07) is 12.8. The molecule has 0 bridgehead atoms. The van der Waals surface area contributed by atoms with E-state index in [1.165, 1.54) is 0 Å². The van der Waals surface area contributed by atoms with Crippen LogP contribution in [0.4, 0.5) is 34.5 Å². The Bertz CT molecular complexity index is 2130. The van der Waals surface area contributed by atoms with Crippen LogP contribution in [-0.4, -0.2) is 133 Å². The first-order valence-electron chi connectivity index (χ1n) is 22.2. The summed E-state index contributed by atoms with van der Waals surface area (Å²) in [6.45, 7) is 7.38. The average molecular weight is 850 g/mol. The summed E-state index contributed by atoms with van der Waals surface area (Å²) >= 11 is 0. The summed E-state index contributed by atoms with van der Waals surface area (Å²) in [4.78, 5) is 83.5. The quantitative estimate of drug-likeness (QED) is 0.182. The van der Waals surface area contributed by atoms with Gasteiger partial charge in [0.05, 0.1) is 19.0 Å². The summed E-state index contributed by atoms with van der Waals surface area (Å²) in [5.41, 5.74) is 3.73. The summed E-state index contributed by atoms with van der Waals surface area (Å²) in [6.07, 6.45) is 9.38. The maximum Gasteiger partial charge on any atom is 0.251 e.